The third kappa shape index (κ3) is 2.52. The van der Waals surface area contributed by atoms with Gasteiger partial charge in [-0.25, -0.2) is 4.98 Å². The van der Waals surface area contributed by atoms with E-state index in [9.17, 15) is 5.26 Å². The first kappa shape index (κ1) is 13.8. The van der Waals surface area contributed by atoms with Crippen LogP contribution < -0.4 is 5.73 Å². The summed E-state index contributed by atoms with van der Waals surface area (Å²) in [5, 5.41) is 9.37. The van der Waals surface area contributed by atoms with Crippen LogP contribution in [0.5, 0.6) is 0 Å². The Morgan fingerprint density at radius 1 is 1.00 bits per heavy atom. The van der Waals surface area contributed by atoms with Gasteiger partial charge in [-0.2, -0.15) is 5.26 Å². The predicted octanol–water partition coefficient (Wildman–Crippen LogP) is 3.57. The third-order valence-corrected chi connectivity index (χ3v) is 3.50. The van der Waals surface area contributed by atoms with Crippen molar-refractivity contribution in [1.82, 2.24) is 9.97 Å². The van der Waals surface area contributed by atoms with Crippen molar-refractivity contribution in [2.45, 2.75) is 6.92 Å². The monoisotopic (exact) mass is 286 g/mol. The number of nitriles is 1. The van der Waals surface area contributed by atoms with Crippen LogP contribution >= 0.6 is 0 Å². The molecule has 0 saturated heterocycles. The second-order valence-corrected chi connectivity index (χ2v) is 5.03. The van der Waals surface area contributed by atoms with Crippen LogP contribution in [0.25, 0.3) is 22.4 Å². The van der Waals surface area contributed by atoms with Crippen molar-refractivity contribution in [3.63, 3.8) is 0 Å². The van der Waals surface area contributed by atoms with E-state index in [1.807, 2.05) is 49.4 Å². The number of nitrogen functional groups attached to an aromatic ring is 1. The van der Waals surface area contributed by atoms with Crippen LogP contribution in [0.2, 0.25) is 0 Å². The average molecular weight is 286 g/mol. The normalized spacial score (nSPS) is 10.2. The molecule has 0 aliphatic heterocycles. The Bertz CT molecular complexity index is 847. The molecule has 0 saturated carbocycles. The number of nitrogens with zero attached hydrogens (tertiary/aromatic N) is 3. The van der Waals surface area contributed by atoms with Crippen molar-refractivity contribution in [2.24, 2.45) is 0 Å². The Morgan fingerprint density at radius 3 is 2.32 bits per heavy atom. The van der Waals surface area contributed by atoms with Crippen LogP contribution in [0.4, 0.5) is 5.82 Å². The average Bonchev–Trinajstić information content (AvgIpc) is 2.55. The molecule has 0 bridgehead atoms. The summed E-state index contributed by atoms with van der Waals surface area (Å²) in [4.78, 5) is 8.38. The Morgan fingerprint density at radius 2 is 1.68 bits per heavy atom. The minimum Gasteiger partial charge on any atom is -0.383 e. The molecule has 0 radical (unpaired) electrons. The molecule has 2 aromatic heterocycles. The maximum Gasteiger partial charge on any atom is 0.142 e. The summed E-state index contributed by atoms with van der Waals surface area (Å²) in [6, 6.07) is 15.8. The Hall–Kier alpha value is -3.19. The lowest BCUT2D eigenvalue weighted by Crippen LogP contribution is -1.99. The fraction of sp³-hybridized carbons (Fsp3) is 0.0556. The molecule has 0 atom stereocenters. The minimum absolute atomic E-state index is 0.243. The summed E-state index contributed by atoms with van der Waals surface area (Å²) < 4.78 is 0. The molecule has 0 aliphatic carbocycles. The van der Waals surface area contributed by atoms with Gasteiger partial charge in [0.25, 0.3) is 0 Å². The smallest absolute Gasteiger partial charge is 0.142 e. The molecule has 3 rings (SSSR count). The summed E-state index contributed by atoms with van der Waals surface area (Å²) in [7, 11) is 0. The van der Waals surface area contributed by atoms with Crippen molar-refractivity contribution in [3.05, 3.63) is 66.0 Å². The van der Waals surface area contributed by atoms with E-state index in [4.69, 9.17) is 5.73 Å². The Balaban J connectivity index is 2.21. The molecule has 0 fully saturated rings. The van der Waals surface area contributed by atoms with E-state index in [1.54, 1.807) is 12.4 Å². The predicted molar refractivity (Wildman–Crippen MR) is 86.8 cm³/mol. The van der Waals surface area contributed by atoms with Gasteiger partial charge >= 0.3 is 0 Å². The number of rotatable bonds is 2. The van der Waals surface area contributed by atoms with Gasteiger partial charge < -0.3 is 5.73 Å². The molecule has 0 spiro atoms. The van der Waals surface area contributed by atoms with Crippen LogP contribution in [0, 0.1) is 18.3 Å². The van der Waals surface area contributed by atoms with Gasteiger partial charge in [-0.05, 0) is 30.7 Å². The van der Waals surface area contributed by atoms with Crippen molar-refractivity contribution >= 4 is 5.82 Å². The van der Waals surface area contributed by atoms with Crippen LogP contribution in [0.1, 0.15) is 11.1 Å². The number of anilines is 1. The van der Waals surface area contributed by atoms with Gasteiger partial charge in [0.15, 0.2) is 0 Å². The number of hydrogen-bond acceptors (Lipinski definition) is 4. The number of nitrogens with two attached hydrogens (primary N) is 1. The van der Waals surface area contributed by atoms with Gasteiger partial charge in [0, 0.05) is 23.5 Å². The second kappa shape index (κ2) is 5.66. The first-order chi connectivity index (χ1) is 10.7. The summed E-state index contributed by atoms with van der Waals surface area (Å²) in [6.07, 6.45) is 3.39. The molecular formula is C18H14N4. The fourth-order valence-electron chi connectivity index (χ4n) is 2.31. The summed E-state index contributed by atoms with van der Waals surface area (Å²) in [6.45, 7) is 2.03. The Labute approximate surface area is 128 Å². The number of hydrogen-bond donors (Lipinski definition) is 1. The van der Waals surface area contributed by atoms with E-state index < -0.39 is 0 Å². The molecule has 0 aliphatic rings. The van der Waals surface area contributed by atoms with E-state index in [1.165, 1.54) is 5.56 Å². The molecule has 2 heterocycles. The molecule has 22 heavy (non-hydrogen) atoms. The highest BCUT2D eigenvalue weighted by molar-refractivity contribution is 5.79. The second-order valence-electron chi connectivity index (χ2n) is 5.03. The maximum absolute atomic E-state index is 9.37. The summed E-state index contributed by atoms with van der Waals surface area (Å²) >= 11 is 0. The highest BCUT2D eigenvalue weighted by Crippen LogP contribution is 2.30. The van der Waals surface area contributed by atoms with Crippen LogP contribution in [-0.2, 0) is 0 Å². The van der Waals surface area contributed by atoms with E-state index in [2.05, 4.69) is 16.0 Å². The maximum atomic E-state index is 9.37. The standard InChI is InChI=1S/C18H14N4/c1-12-2-4-14(5-3-12)17-10-15(13-6-8-21-9-7-13)16(11-19)18(20)22-17/h2-10H,1H3,(H2,20,22). The number of benzene rings is 1. The topological polar surface area (TPSA) is 75.6 Å². The molecule has 4 heteroatoms. The lowest BCUT2D eigenvalue weighted by atomic mass is 9.99. The minimum atomic E-state index is 0.243. The highest BCUT2D eigenvalue weighted by Gasteiger charge is 2.13. The highest BCUT2D eigenvalue weighted by atomic mass is 14.8. The zero-order chi connectivity index (χ0) is 15.5. The fourth-order valence-corrected chi connectivity index (χ4v) is 2.31. The summed E-state index contributed by atoms with van der Waals surface area (Å²) in [5.41, 5.74) is 11.0. The van der Waals surface area contributed by atoms with Crippen LogP contribution in [0.15, 0.2) is 54.9 Å². The lowest BCUT2D eigenvalue weighted by molar-refractivity contribution is 1.29. The zero-order valence-electron chi connectivity index (χ0n) is 12.1. The van der Waals surface area contributed by atoms with Crippen molar-refractivity contribution < 1.29 is 0 Å². The third-order valence-electron chi connectivity index (χ3n) is 3.50. The van der Waals surface area contributed by atoms with Gasteiger partial charge in [-0.15, -0.1) is 0 Å². The van der Waals surface area contributed by atoms with Crippen LogP contribution in [-0.4, -0.2) is 9.97 Å². The van der Waals surface area contributed by atoms with E-state index in [-0.39, 0.29) is 5.82 Å². The van der Waals surface area contributed by atoms with Crippen molar-refractivity contribution in [3.8, 4) is 28.5 Å². The van der Waals surface area contributed by atoms with E-state index in [0.717, 1.165) is 22.4 Å². The molecule has 3 aromatic rings. The van der Waals surface area contributed by atoms with Gasteiger partial charge in [0.1, 0.15) is 17.5 Å². The SMILES string of the molecule is Cc1ccc(-c2cc(-c3ccncc3)c(C#N)c(N)n2)cc1. The molecule has 0 unspecified atom stereocenters. The first-order valence-electron chi connectivity index (χ1n) is 6.87. The summed E-state index contributed by atoms with van der Waals surface area (Å²) in [5.74, 6) is 0.243. The molecule has 4 nitrogen and oxygen atoms in total. The quantitative estimate of drug-likeness (QED) is 0.781. The molecule has 2 N–H and O–H groups in total. The molecule has 106 valence electrons. The van der Waals surface area contributed by atoms with Crippen molar-refractivity contribution in [2.75, 3.05) is 5.73 Å². The lowest BCUT2D eigenvalue weighted by Gasteiger charge is -2.10. The Kier molecular flexibility index (Phi) is 3.55. The van der Waals surface area contributed by atoms with E-state index >= 15 is 0 Å². The molecular weight excluding hydrogens is 272 g/mol. The molecule has 0 amide bonds. The van der Waals surface area contributed by atoms with Gasteiger partial charge in [-0.3, -0.25) is 4.98 Å². The number of pyridine rings is 2. The molecule has 1 aromatic carbocycles. The van der Waals surface area contributed by atoms with E-state index in [0.29, 0.717) is 5.56 Å². The largest absolute Gasteiger partial charge is 0.383 e. The number of aromatic nitrogens is 2. The van der Waals surface area contributed by atoms with Gasteiger partial charge in [0.05, 0.1) is 5.69 Å². The first-order valence-corrected chi connectivity index (χ1v) is 6.87. The van der Waals surface area contributed by atoms with Crippen molar-refractivity contribution in [1.29, 1.82) is 5.26 Å². The van der Waals surface area contributed by atoms with Crippen LogP contribution in [0.3, 0.4) is 0 Å². The zero-order valence-corrected chi connectivity index (χ0v) is 12.1. The van der Waals surface area contributed by atoms with Gasteiger partial charge in [0.2, 0.25) is 0 Å². The van der Waals surface area contributed by atoms with Gasteiger partial charge in [-0.1, -0.05) is 29.8 Å². The number of aryl methyl sites for hydroxylation is 1.